The highest BCUT2D eigenvalue weighted by molar-refractivity contribution is 5.99. The minimum absolute atomic E-state index is 0.151. The van der Waals surface area contributed by atoms with Crippen molar-refractivity contribution in [3.63, 3.8) is 0 Å². The molecule has 1 aliphatic rings. The molecule has 0 spiro atoms. The van der Waals surface area contributed by atoms with E-state index in [2.05, 4.69) is 20.9 Å². The highest BCUT2D eigenvalue weighted by Gasteiger charge is 2.30. The molecular formula is C25H30N6O5. The smallest absolute Gasteiger partial charge is 0.280 e. The Morgan fingerprint density at radius 2 is 1.81 bits per heavy atom. The normalized spacial score (nSPS) is 15.6. The van der Waals surface area contributed by atoms with Crippen molar-refractivity contribution in [1.82, 2.24) is 20.3 Å². The molecule has 1 aromatic heterocycles. The topological polar surface area (TPSA) is 150 Å². The van der Waals surface area contributed by atoms with Crippen molar-refractivity contribution >= 4 is 34.1 Å². The fourth-order valence-corrected chi connectivity index (χ4v) is 3.93. The number of anilines is 2. The number of imide groups is 1. The second kappa shape index (κ2) is 12.1. The lowest BCUT2D eigenvalue weighted by molar-refractivity contribution is -0.136. The van der Waals surface area contributed by atoms with Crippen molar-refractivity contribution in [3.05, 3.63) is 52.8 Å². The first-order valence-corrected chi connectivity index (χ1v) is 12.0. The third-order valence-electron chi connectivity index (χ3n) is 5.83. The zero-order valence-electron chi connectivity index (χ0n) is 19.9. The molecule has 1 unspecified atom stereocenters. The maximum absolute atomic E-state index is 13.2. The summed E-state index contributed by atoms with van der Waals surface area (Å²) in [5.41, 5.74) is 7.00. The molecule has 4 rings (SSSR count). The zero-order chi connectivity index (χ0) is 25.3. The standard InChI is InChI=1S/C25H30N6O5/c26-17-7-9-18(10-8-17)36-16-2-1-14-35-15-4-13-27-19-5-3-6-20-23(19)25(34)31(30-29-20)21-11-12-22(32)28-24(21)33/h3,5-10,21,27H,1-2,4,11-16,26H2,(H,28,32,33). The van der Waals surface area contributed by atoms with E-state index >= 15 is 0 Å². The third kappa shape index (κ3) is 6.36. The lowest BCUT2D eigenvalue weighted by atomic mass is 10.1. The third-order valence-corrected chi connectivity index (χ3v) is 5.83. The van der Waals surface area contributed by atoms with Gasteiger partial charge in [0.05, 0.1) is 12.0 Å². The first kappa shape index (κ1) is 25.1. The molecule has 4 N–H and O–H groups in total. The molecule has 0 radical (unpaired) electrons. The first-order chi connectivity index (χ1) is 17.5. The minimum Gasteiger partial charge on any atom is -0.494 e. The molecule has 1 atom stereocenters. The number of carbonyl (C=O) groups excluding carboxylic acids is 2. The number of amides is 2. The molecule has 190 valence electrons. The number of nitrogen functional groups attached to an aromatic ring is 1. The van der Waals surface area contributed by atoms with Crippen LogP contribution in [0.15, 0.2) is 47.3 Å². The number of nitrogens with one attached hydrogen (secondary N) is 2. The lowest BCUT2D eigenvalue weighted by Gasteiger charge is -2.21. The lowest BCUT2D eigenvalue weighted by Crippen LogP contribution is -2.45. The monoisotopic (exact) mass is 494 g/mol. The maximum Gasteiger partial charge on any atom is 0.280 e. The Kier molecular flexibility index (Phi) is 8.45. The molecule has 0 saturated carbocycles. The molecule has 36 heavy (non-hydrogen) atoms. The van der Waals surface area contributed by atoms with Crippen LogP contribution in [0.2, 0.25) is 0 Å². The molecular weight excluding hydrogens is 464 g/mol. The molecule has 0 aliphatic carbocycles. The van der Waals surface area contributed by atoms with Crippen molar-refractivity contribution in [2.45, 2.75) is 38.1 Å². The number of unbranched alkanes of at least 4 members (excludes halogenated alkanes) is 1. The number of nitrogens with two attached hydrogens (primary N) is 1. The Hall–Kier alpha value is -3.99. The van der Waals surface area contributed by atoms with E-state index < -0.39 is 17.5 Å². The number of hydrogen-bond acceptors (Lipinski definition) is 9. The van der Waals surface area contributed by atoms with E-state index in [1.807, 2.05) is 24.3 Å². The fourth-order valence-electron chi connectivity index (χ4n) is 3.93. The Labute approximate surface area is 208 Å². The summed E-state index contributed by atoms with van der Waals surface area (Å²) in [6, 6.07) is 11.8. The summed E-state index contributed by atoms with van der Waals surface area (Å²) in [7, 11) is 0. The quantitative estimate of drug-likeness (QED) is 0.195. The molecule has 11 nitrogen and oxygen atoms in total. The summed E-state index contributed by atoms with van der Waals surface area (Å²) in [6.45, 7) is 2.44. The summed E-state index contributed by atoms with van der Waals surface area (Å²) in [5, 5.41) is 13.9. The van der Waals surface area contributed by atoms with E-state index in [0.29, 0.717) is 48.6 Å². The van der Waals surface area contributed by atoms with E-state index in [9.17, 15) is 14.4 Å². The Bertz CT molecular complexity index is 1260. The number of aromatic nitrogens is 3. The van der Waals surface area contributed by atoms with Crippen molar-refractivity contribution < 1.29 is 19.1 Å². The zero-order valence-corrected chi connectivity index (χ0v) is 19.9. The van der Waals surface area contributed by atoms with Crippen LogP contribution in [-0.2, 0) is 14.3 Å². The van der Waals surface area contributed by atoms with Gasteiger partial charge in [0.15, 0.2) is 0 Å². The van der Waals surface area contributed by atoms with Crippen molar-refractivity contribution in [2.24, 2.45) is 0 Å². The van der Waals surface area contributed by atoms with Crippen LogP contribution < -0.4 is 26.7 Å². The maximum atomic E-state index is 13.2. The SMILES string of the molecule is Nc1ccc(OCCCCOCCCNc2cccc3nnn(C4CCC(=O)NC4=O)c(=O)c23)cc1. The molecule has 2 heterocycles. The average molecular weight is 495 g/mol. The van der Waals surface area contributed by atoms with Gasteiger partial charge in [-0.3, -0.25) is 19.7 Å². The molecule has 2 amide bonds. The van der Waals surface area contributed by atoms with Gasteiger partial charge in [0.2, 0.25) is 5.91 Å². The summed E-state index contributed by atoms with van der Waals surface area (Å²) in [4.78, 5) is 36.8. The number of rotatable bonds is 12. The second-order valence-electron chi connectivity index (χ2n) is 8.52. The van der Waals surface area contributed by atoms with Crippen molar-refractivity contribution in [3.8, 4) is 5.75 Å². The van der Waals surface area contributed by atoms with Gasteiger partial charge in [0, 0.05) is 37.6 Å². The van der Waals surface area contributed by atoms with Gasteiger partial charge in [-0.2, -0.15) is 4.68 Å². The second-order valence-corrected chi connectivity index (χ2v) is 8.52. The van der Waals surface area contributed by atoms with Gasteiger partial charge in [0.1, 0.15) is 17.3 Å². The Morgan fingerprint density at radius 1 is 1.03 bits per heavy atom. The van der Waals surface area contributed by atoms with Gasteiger partial charge >= 0.3 is 0 Å². The first-order valence-electron chi connectivity index (χ1n) is 12.0. The van der Waals surface area contributed by atoms with Gasteiger partial charge in [-0.25, -0.2) is 0 Å². The molecule has 11 heteroatoms. The number of fused-ring (bicyclic) bond motifs is 1. The highest BCUT2D eigenvalue weighted by Crippen LogP contribution is 2.20. The summed E-state index contributed by atoms with van der Waals surface area (Å²) >= 11 is 0. The van der Waals surface area contributed by atoms with Gasteiger partial charge in [0.25, 0.3) is 11.5 Å². The molecule has 3 aromatic rings. The van der Waals surface area contributed by atoms with Gasteiger partial charge in [-0.15, -0.1) is 5.10 Å². The van der Waals surface area contributed by atoms with E-state index in [-0.39, 0.29) is 18.7 Å². The van der Waals surface area contributed by atoms with Crippen LogP contribution in [-0.4, -0.2) is 53.2 Å². The van der Waals surface area contributed by atoms with Crippen molar-refractivity contribution in [1.29, 1.82) is 0 Å². The van der Waals surface area contributed by atoms with Crippen LogP contribution in [0.5, 0.6) is 5.75 Å². The fraction of sp³-hybridized carbons (Fsp3) is 0.400. The van der Waals surface area contributed by atoms with E-state index in [1.165, 1.54) is 0 Å². The van der Waals surface area contributed by atoms with Crippen LogP contribution in [0.1, 0.15) is 38.1 Å². The predicted molar refractivity (Wildman–Crippen MR) is 135 cm³/mol. The average Bonchev–Trinajstić information content (AvgIpc) is 2.87. The summed E-state index contributed by atoms with van der Waals surface area (Å²) in [6.07, 6.45) is 2.89. The van der Waals surface area contributed by atoms with Crippen LogP contribution in [0.3, 0.4) is 0 Å². The molecule has 1 fully saturated rings. The largest absolute Gasteiger partial charge is 0.494 e. The summed E-state index contributed by atoms with van der Waals surface area (Å²) < 4.78 is 12.4. The molecule has 1 saturated heterocycles. The van der Waals surface area contributed by atoms with Gasteiger partial charge in [-0.1, -0.05) is 11.3 Å². The number of hydrogen-bond donors (Lipinski definition) is 3. The van der Waals surface area contributed by atoms with Crippen LogP contribution in [0.25, 0.3) is 10.9 Å². The van der Waals surface area contributed by atoms with Crippen LogP contribution >= 0.6 is 0 Å². The minimum atomic E-state index is -0.856. The van der Waals surface area contributed by atoms with E-state index in [1.54, 1.807) is 18.2 Å². The van der Waals surface area contributed by atoms with Crippen LogP contribution in [0, 0.1) is 0 Å². The Morgan fingerprint density at radius 3 is 2.61 bits per heavy atom. The number of ether oxygens (including phenoxy) is 2. The molecule has 0 bridgehead atoms. The molecule has 2 aromatic carbocycles. The van der Waals surface area contributed by atoms with Gasteiger partial charge in [-0.05, 0) is 62.1 Å². The number of carbonyl (C=O) groups is 2. The number of nitrogens with zero attached hydrogens (tertiary/aromatic N) is 3. The van der Waals surface area contributed by atoms with E-state index in [4.69, 9.17) is 15.2 Å². The Balaban J connectivity index is 1.21. The number of piperidine rings is 1. The highest BCUT2D eigenvalue weighted by atomic mass is 16.5. The van der Waals surface area contributed by atoms with Gasteiger partial charge < -0.3 is 20.5 Å². The van der Waals surface area contributed by atoms with Crippen molar-refractivity contribution in [2.75, 3.05) is 37.4 Å². The van der Waals surface area contributed by atoms with Crippen LogP contribution in [0.4, 0.5) is 11.4 Å². The summed E-state index contributed by atoms with van der Waals surface area (Å²) in [5.74, 6) is -0.0880. The predicted octanol–water partition coefficient (Wildman–Crippen LogP) is 2.03. The van der Waals surface area contributed by atoms with E-state index in [0.717, 1.165) is 29.7 Å². The number of benzene rings is 2. The molecule has 1 aliphatic heterocycles.